The Bertz CT molecular complexity index is 1370. The van der Waals surface area contributed by atoms with Crippen LogP contribution in [-0.2, 0) is 26.0 Å². The van der Waals surface area contributed by atoms with Crippen molar-refractivity contribution in [3.05, 3.63) is 64.4 Å². The van der Waals surface area contributed by atoms with Gasteiger partial charge in [-0.05, 0) is 35.7 Å². The average Bonchev–Trinajstić information content (AvgIpc) is 3.38. The number of fused-ring (bicyclic) bond motifs is 1. The Morgan fingerprint density at radius 3 is 2.63 bits per heavy atom. The number of nitrogens with zero attached hydrogens (tertiary/aromatic N) is 2. The van der Waals surface area contributed by atoms with E-state index in [9.17, 15) is 18.0 Å². The number of carbonyl (C=O) groups is 2. The molecular weight excluding hydrogens is 494 g/mol. The molecule has 3 N–H and O–H groups in total. The van der Waals surface area contributed by atoms with Crippen molar-refractivity contribution in [2.45, 2.75) is 24.1 Å². The third-order valence-corrected chi connectivity index (χ3v) is 8.12. The summed E-state index contributed by atoms with van der Waals surface area (Å²) < 4.78 is 31.7. The lowest BCUT2D eigenvalue weighted by molar-refractivity contribution is -0.118. The lowest BCUT2D eigenvalue weighted by Crippen LogP contribution is -2.47. The van der Waals surface area contributed by atoms with Crippen LogP contribution in [0.5, 0.6) is 0 Å². The van der Waals surface area contributed by atoms with Crippen LogP contribution in [0.15, 0.2) is 42.5 Å². The van der Waals surface area contributed by atoms with Gasteiger partial charge in [0, 0.05) is 18.1 Å². The van der Waals surface area contributed by atoms with E-state index in [1.807, 2.05) is 10.8 Å². The second-order valence-corrected chi connectivity index (χ2v) is 10.9. The zero-order chi connectivity index (χ0) is 24.6. The summed E-state index contributed by atoms with van der Waals surface area (Å²) in [5, 5.41) is 2.74. The van der Waals surface area contributed by atoms with Crippen LogP contribution in [0.2, 0.25) is 5.02 Å². The summed E-state index contributed by atoms with van der Waals surface area (Å²) in [5.41, 5.74) is 2.90. The normalized spacial score (nSPS) is 20.5. The minimum absolute atomic E-state index is 0.0958. The Labute approximate surface area is 207 Å². The molecule has 2 atom stereocenters. The number of carbonyl (C=O) groups excluding carboxylic acids is 2. The standard InChI is InChI=1S/C23H24ClN5O5S/c24-16-5-6-17-18(12-16)26-22(25-17)19(27-23(31)29-7-9-34-10-8-29)11-14-1-3-15(4-2-14)20-13-21(30)28-35(20,32)33/h1-6,12,19-20H,7-11,13H2,(H,25,26)(H,27,31)(H,28,30)/t19-,20?/m0/s1. The molecule has 0 bridgehead atoms. The summed E-state index contributed by atoms with van der Waals surface area (Å²) in [6.45, 7) is 1.99. The summed E-state index contributed by atoms with van der Waals surface area (Å²) in [6, 6.07) is 11.7. The number of ether oxygens (including phenoxy) is 1. The fourth-order valence-corrected chi connectivity index (χ4v) is 5.94. The van der Waals surface area contributed by atoms with Crippen molar-refractivity contribution in [1.82, 2.24) is 24.9 Å². The maximum atomic E-state index is 13.0. The number of hydrogen-bond donors (Lipinski definition) is 3. The largest absolute Gasteiger partial charge is 0.378 e. The number of halogens is 1. The number of morpholine rings is 1. The van der Waals surface area contributed by atoms with Gasteiger partial charge in [0.05, 0.1) is 36.7 Å². The van der Waals surface area contributed by atoms with Crippen molar-refractivity contribution in [3.63, 3.8) is 0 Å². The van der Waals surface area contributed by atoms with Gasteiger partial charge in [-0.3, -0.25) is 9.52 Å². The van der Waals surface area contributed by atoms with Gasteiger partial charge in [-0.1, -0.05) is 35.9 Å². The maximum absolute atomic E-state index is 13.0. The molecule has 12 heteroatoms. The fourth-order valence-electron chi connectivity index (χ4n) is 4.34. The molecule has 0 radical (unpaired) electrons. The molecule has 3 heterocycles. The van der Waals surface area contributed by atoms with Gasteiger partial charge >= 0.3 is 6.03 Å². The highest BCUT2D eigenvalue weighted by Crippen LogP contribution is 2.30. The monoisotopic (exact) mass is 517 g/mol. The molecule has 5 rings (SSSR count). The lowest BCUT2D eigenvalue weighted by Gasteiger charge is -2.29. The van der Waals surface area contributed by atoms with E-state index in [1.165, 1.54) is 0 Å². The summed E-state index contributed by atoms with van der Waals surface area (Å²) in [4.78, 5) is 34.2. The SMILES string of the molecule is O=C1CC(c2ccc(C[C@H](NC(=O)N3CCOCC3)c3nc4ccc(Cl)cc4[nH]3)cc2)S(=O)(=O)N1. The van der Waals surface area contributed by atoms with E-state index in [2.05, 4.69) is 15.3 Å². The van der Waals surface area contributed by atoms with Crippen LogP contribution in [0.4, 0.5) is 4.79 Å². The zero-order valence-electron chi connectivity index (χ0n) is 18.7. The summed E-state index contributed by atoms with van der Waals surface area (Å²) in [5.74, 6) is 0.0797. The number of amides is 3. The first-order valence-corrected chi connectivity index (χ1v) is 13.1. The van der Waals surface area contributed by atoms with Crippen molar-refractivity contribution >= 4 is 44.6 Å². The van der Waals surface area contributed by atoms with Crippen LogP contribution in [0.1, 0.15) is 34.7 Å². The van der Waals surface area contributed by atoms with E-state index in [1.54, 1.807) is 41.3 Å². The molecule has 3 aromatic rings. The number of nitrogens with one attached hydrogen (secondary N) is 3. The van der Waals surface area contributed by atoms with Crippen LogP contribution in [0.25, 0.3) is 11.0 Å². The van der Waals surface area contributed by atoms with E-state index < -0.39 is 27.2 Å². The zero-order valence-corrected chi connectivity index (χ0v) is 20.2. The fraction of sp³-hybridized carbons (Fsp3) is 0.348. The van der Waals surface area contributed by atoms with Crippen LogP contribution >= 0.6 is 11.6 Å². The van der Waals surface area contributed by atoms with E-state index >= 15 is 0 Å². The van der Waals surface area contributed by atoms with Crippen LogP contribution < -0.4 is 10.0 Å². The Hall–Kier alpha value is -3.15. The minimum atomic E-state index is -3.71. The molecule has 3 amide bonds. The van der Waals surface area contributed by atoms with Crippen molar-refractivity contribution in [3.8, 4) is 0 Å². The molecule has 0 spiro atoms. The predicted molar refractivity (Wildman–Crippen MR) is 129 cm³/mol. The van der Waals surface area contributed by atoms with Gasteiger partial charge in [-0.25, -0.2) is 18.2 Å². The van der Waals surface area contributed by atoms with E-state index in [-0.39, 0.29) is 12.5 Å². The number of hydrogen-bond acceptors (Lipinski definition) is 6. The minimum Gasteiger partial charge on any atom is -0.378 e. The molecule has 1 unspecified atom stereocenters. The van der Waals surface area contributed by atoms with Crippen molar-refractivity contribution < 1.29 is 22.7 Å². The highest BCUT2D eigenvalue weighted by atomic mass is 35.5. The molecule has 0 aliphatic carbocycles. The van der Waals surface area contributed by atoms with Gasteiger partial charge in [-0.2, -0.15) is 0 Å². The molecule has 10 nitrogen and oxygen atoms in total. The Morgan fingerprint density at radius 1 is 1.20 bits per heavy atom. The highest BCUT2D eigenvalue weighted by Gasteiger charge is 2.37. The van der Waals surface area contributed by atoms with E-state index in [4.69, 9.17) is 16.3 Å². The molecule has 2 aliphatic rings. The smallest absolute Gasteiger partial charge is 0.318 e. The number of sulfonamides is 1. The first-order chi connectivity index (χ1) is 16.8. The Kier molecular flexibility index (Phi) is 6.39. The number of aromatic amines is 1. The molecule has 2 fully saturated rings. The second-order valence-electron chi connectivity index (χ2n) is 8.59. The summed E-state index contributed by atoms with van der Waals surface area (Å²) in [7, 11) is -3.71. The average molecular weight is 518 g/mol. The number of H-pyrrole nitrogens is 1. The van der Waals surface area contributed by atoms with Crippen molar-refractivity contribution in [2.75, 3.05) is 26.3 Å². The Morgan fingerprint density at radius 2 is 1.94 bits per heavy atom. The molecule has 2 saturated heterocycles. The third-order valence-electron chi connectivity index (χ3n) is 6.18. The second kappa shape index (κ2) is 9.48. The summed E-state index contributed by atoms with van der Waals surface area (Å²) >= 11 is 6.12. The van der Waals surface area contributed by atoms with Gasteiger partial charge in [0.15, 0.2) is 0 Å². The topological polar surface area (TPSA) is 133 Å². The van der Waals surface area contributed by atoms with Gasteiger partial charge in [-0.15, -0.1) is 0 Å². The molecule has 2 aliphatic heterocycles. The highest BCUT2D eigenvalue weighted by molar-refractivity contribution is 7.90. The van der Waals surface area contributed by atoms with Crippen molar-refractivity contribution in [1.29, 1.82) is 0 Å². The molecule has 2 aromatic carbocycles. The number of rotatable bonds is 5. The molecular formula is C23H24ClN5O5S. The van der Waals surface area contributed by atoms with Gasteiger partial charge < -0.3 is 19.9 Å². The number of imidazole rings is 1. The van der Waals surface area contributed by atoms with E-state index in [0.29, 0.717) is 49.1 Å². The quantitative estimate of drug-likeness (QED) is 0.476. The predicted octanol–water partition coefficient (Wildman–Crippen LogP) is 2.43. The Balaban J connectivity index is 1.40. The molecule has 1 aromatic heterocycles. The summed E-state index contributed by atoms with van der Waals surface area (Å²) in [6.07, 6.45) is 0.319. The molecule has 0 saturated carbocycles. The van der Waals surface area contributed by atoms with Crippen LogP contribution in [-0.4, -0.2) is 61.5 Å². The van der Waals surface area contributed by atoms with Crippen LogP contribution in [0.3, 0.4) is 0 Å². The first kappa shape index (κ1) is 23.6. The molecule has 184 valence electrons. The van der Waals surface area contributed by atoms with Crippen LogP contribution in [0, 0.1) is 0 Å². The van der Waals surface area contributed by atoms with Gasteiger partial charge in [0.2, 0.25) is 15.9 Å². The molecule has 35 heavy (non-hydrogen) atoms. The van der Waals surface area contributed by atoms with Crippen molar-refractivity contribution in [2.24, 2.45) is 0 Å². The lowest BCUT2D eigenvalue weighted by atomic mass is 10.0. The third kappa shape index (κ3) is 5.12. The first-order valence-electron chi connectivity index (χ1n) is 11.2. The number of urea groups is 1. The van der Waals surface area contributed by atoms with Gasteiger partial charge in [0.1, 0.15) is 11.1 Å². The number of benzene rings is 2. The van der Waals surface area contributed by atoms with Gasteiger partial charge in [0.25, 0.3) is 0 Å². The van der Waals surface area contributed by atoms with E-state index in [0.717, 1.165) is 16.6 Å². The number of aromatic nitrogens is 2. The maximum Gasteiger partial charge on any atom is 0.318 e.